The molecule has 21 heavy (non-hydrogen) atoms. The Morgan fingerprint density at radius 3 is 2.43 bits per heavy atom. The summed E-state index contributed by atoms with van der Waals surface area (Å²) < 4.78 is 11.1. The zero-order valence-corrected chi connectivity index (χ0v) is 12.4. The van der Waals surface area contributed by atoms with Crippen molar-refractivity contribution in [1.29, 1.82) is 0 Å². The first kappa shape index (κ1) is 15.2. The average Bonchev–Trinajstić information content (AvgIpc) is 2.46. The van der Waals surface area contributed by atoms with E-state index < -0.39 is 5.91 Å². The number of nitrogens with two attached hydrogens (primary N) is 1. The predicted octanol–water partition coefficient (Wildman–Crippen LogP) is 3.21. The number of halogens is 1. The lowest BCUT2D eigenvalue weighted by Crippen LogP contribution is -2.15. The van der Waals surface area contributed by atoms with E-state index in [1.165, 1.54) is 6.07 Å². The lowest BCUT2D eigenvalue weighted by molar-refractivity contribution is 0.0995. The molecule has 0 aliphatic carbocycles. The monoisotopic (exact) mass is 305 g/mol. The summed E-state index contributed by atoms with van der Waals surface area (Å²) in [6.07, 6.45) is 0. The van der Waals surface area contributed by atoms with Gasteiger partial charge in [-0.1, -0.05) is 29.8 Å². The van der Waals surface area contributed by atoms with Gasteiger partial charge in [0.15, 0.2) is 0 Å². The van der Waals surface area contributed by atoms with Gasteiger partial charge in [0.2, 0.25) is 0 Å². The Balaban J connectivity index is 1.92. The molecule has 0 fully saturated rings. The van der Waals surface area contributed by atoms with Crippen LogP contribution in [-0.2, 0) is 0 Å². The van der Waals surface area contributed by atoms with E-state index in [-0.39, 0.29) is 5.56 Å². The molecule has 2 aromatic rings. The molecule has 0 aliphatic heterocycles. The average molecular weight is 306 g/mol. The Kier molecular flexibility index (Phi) is 5.06. The highest BCUT2D eigenvalue weighted by molar-refractivity contribution is 6.31. The summed E-state index contributed by atoms with van der Waals surface area (Å²) in [4.78, 5) is 11.3. The van der Waals surface area contributed by atoms with Crippen molar-refractivity contribution >= 4 is 17.5 Å². The third-order valence-electron chi connectivity index (χ3n) is 2.90. The fraction of sp³-hybridized carbons (Fsp3) is 0.188. The van der Waals surface area contributed by atoms with Crippen molar-refractivity contribution in [2.24, 2.45) is 5.73 Å². The van der Waals surface area contributed by atoms with Crippen molar-refractivity contribution < 1.29 is 14.3 Å². The Morgan fingerprint density at radius 1 is 1.10 bits per heavy atom. The Bertz CT molecular complexity index is 643. The van der Waals surface area contributed by atoms with Crippen molar-refractivity contribution in [3.8, 4) is 11.5 Å². The summed E-state index contributed by atoms with van der Waals surface area (Å²) in [5, 5.41) is 0.437. The van der Waals surface area contributed by atoms with E-state index in [2.05, 4.69) is 0 Å². The summed E-state index contributed by atoms with van der Waals surface area (Å²) in [5.41, 5.74) is 6.61. The number of amides is 1. The minimum Gasteiger partial charge on any atom is -0.490 e. The van der Waals surface area contributed by atoms with Crippen LogP contribution in [0.15, 0.2) is 42.5 Å². The van der Waals surface area contributed by atoms with Crippen LogP contribution in [0.1, 0.15) is 15.9 Å². The number of aryl methyl sites for hydroxylation is 1. The molecule has 2 N–H and O–H groups in total. The molecule has 0 aromatic heterocycles. The van der Waals surface area contributed by atoms with Crippen LogP contribution in [-0.4, -0.2) is 19.1 Å². The second-order valence-electron chi connectivity index (χ2n) is 4.47. The fourth-order valence-corrected chi connectivity index (χ4v) is 2.01. The van der Waals surface area contributed by atoms with Gasteiger partial charge < -0.3 is 15.2 Å². The van der Waals surface area contributed by atoms with E-state index in [9.17, 15) is 4.79 Å². The molecule has 0 radical (unpaired) electrons. The van der Waals surface area contributed by atoms with Gasteiger partial charge in [0.05, 0.1) is 5.56 Å². The van der Waals surface area contributed by atoms with Crippen LogP contribution >= 0.6 is 11.6 Å². The molecule has 0 saturated carbocycles. The molecule has 2 aromatic carbocycles. The number of carbonyl (C=O) groups is 1. The zero-order chi connectivity index (χ0) is 15.2. The highest BCUT2D eigenvalue weighted by atomic mass is 35.5. The second-order valence-corrected chi connectivity index (χ2v) is 4.90. The van der Waals surface area contributed by atoms with Gasteiger partial charge in [0, 0.05) is 5.02 Å². The Hall–Kier alpha value is -2.20. The molecule has 1 amide bonds. The van der Waals surface area contributed by atoms with Crippen LogP contribution in [0.25, 0.3) is 0 Å². The number of benzene rings is 2. The van der Waals surface area contributed by atoms with Gasteiger partial charge >= 0.3 is 0 Å². The van der Waals surface area contributed by atoms with Crippen molar-refractivity contribution in [3.63, 3.8) is 0 Å². The molecular weight excluding hydrogens is 290 g/mol. The van der Waals surface area contributed by atoms with E-state index in [0.717, 1.165) is 11.3 Å². The molecule has 0 bridgehead atoms. The first-order chi connectivity index (χ1) is 10.1. The number of ether oxygens (including phenoxy) is 2. The standard InChI is InChI=1S/C16H16ClNO3/c1-11-4-2-3-5-14(11)20-8-9-21-15-7-6-12(17)10-13(15)16(18)19/h2-7,10H,8-9H2,1H3,(H2,18,19). The van der Waals surface area contributed by atoms with Crippen LogP contribution in [0.4, 0.5) is 0 Å². The molecular formula is C16H16ClNO3. The zero-order valence-electron chi connectivity index (χ0n) is 11.6. The summed E-state index contributed by atoms with van der Waals surface area (Å²) in [6, 6.07) is 12.5. The maximum Gasteiger partial charge on any atom is 0.252 e. The molecule has 110 valence electrons. The summed E-state index contributed by atoms with van der Waals surface area (Å²) in [6.45, 7) is 2.64. The third kappa shape index (κ3) is 4.13. The summed E-state index contributed by atoms with van der Waals surface area (Å²) in [7, 11) is 0. The van der Waals surface area contributed by atoms with Gasteiger partial charge in [-0.25, -0.2) is 0 Å². The largest absolute Gasteiger partial charge is 0.490 e. The molecule has 4 nitrogen and oxygen atoms in total. The van der Waals surface area contributed by atoms with Crippen LogP contribution in [0.5, 0.6) is 11.5 Å². The molecule has 0 atom stereocenters. The number of rotatable bonds is 6. The molecule has 0 spiro atoms. The predicted molar refractivity (Wildman–Crippen MR) is 82.1 cm³/mol. The summed E-state index contributed by atoms with van der Waals surface area (Å²) >= 11 is 5.83. The number of para-hydroxylation sites is 1. The van der Waals surface area contributed by atoms with Crippen molar-refractivity contribution in [2.75, 3.05) is 13.2 Å². The minimum atomic E-state index is -0.577. The van der Waals surface area contributed by atoms with Gasteiger partial charge in [-0.05, 0) is 36.8 Å². The highest BCUT2D eigenvalue weighted by Crippen LogP contribution is 2.22. The Labute approximate surface area is 128 Å². The number of carbonyl (C=O) groups excluding carboxylic acids is 1. The molecule has 0 heterocycles. The van der Waals surface area contributed by atoms with E-state index in [0.29, 0.717) is 24.0 Å². The molecule has 5 heteroatoms. The highest BCUT2D eigenvalue weighted by Gasteiger charge is 2.10. The van der Waals surface area contributed by atoms with Crippen molar-refractivity contribution in [3.05, 3.63) is 58.6 Å². The molecule has 0 aliphatic rings. The van der Waals surface area contributed by atoms with Gasteiger partial charge in [0.25, 0.3) is 5.91 Å². The maximum atomic E-state index is 11.3. The number of hydrogen-bond donors (Lipinski definition) is 1. The quantitative estimate of drug-likeness (QED) is 0.834. The van der Waals surface area contributed by atoms with Crippen LogP contribution in [0, 0.1) is 6.92 Å². The summed E-state index contributed by atoms with van der Waals surface area (Å²) in [5.74, 6) is 0.639. The Morgan fingerprint density at radius 2 is 1.76 bits per heavy atom. The molecule has 0 unspecified atom stereocenters. The van der Waals surface area contributed by atoms with E-state index in [4.69, 9.17) is 26.8 Å². The van der Waals surface area contributed by atoms with Gasteiger partial charge in [-0.15, -0.1) is 0 Å². The van der Waals surface area contributed by atoms with Crippen LogP contribution in [0.2, 0.25) is 5.02 Å². The topological polar surface area (TPSA) is 61.6 Å². The SMILES string of the molecule is Cc1ccccc1OCCOc1ccc(Cl)cc1C(N)=O. The molecule has 0 saturated heterocycles. The first-order valence-electron chi connectivity index (χ1n) is 6.48. The lowest BCUT2D eigenvalue weighted by atomic mass is 10.2. The van der Waals surface area contributed by atoms with Crippen molar-refractivity contribution in [2.45, 2.75) is 6.92 Å². The minimum absolute atomic E-state index is 0.262. The third-order valence-corrected chi connectivity index (χ3v) is 3.13. The lowest BCUT2D eigenvalue weighted by Gasteiger charge is -2.12. The van der Waals surface area contributed by atoms with E-state index in [1.54, 1.807) is 12.1 Å². The normalized spacial score (nSPS) is 10.2. The van der Waals surface area contributed by atoms with Crippen LogP contribution in [0.3, 0.4) is 0 Å². The van der Waals surface area contributed by atoms with Crippen molar-refractivity contribution in [1.82, 2.24) is 0 Å². The van der Waals surface area contributed by atoms with Crippen LogP contribution < -0.4 is 15.2 Å². The number of hydrogen-bond acceptors (Lipinski definition) is 3. The van der Waals surface area contributed by atoms with E-state index in [1.807, 2.05) is 31.2 Å². The maximum absolute atomic E-state index is 11.3. The van der Waals surface area contributed by atoms with E-state index >= 15 is 0 Å². The smallest absolute Gasteiger partial charge is 0.252 e. The fourth-order valence-electron chi connectivity index (χ4n) is 1.84. The van der Waals surface area contributed by atoms with Gasteiger partial charge in [-0.2, -0.15) is 0 Å². The van der Waals surface area contributed by atoms with Gasteiger partial charge in [-0.3, -0.25) is 4.79 Å². The number of primary amides is 1. The molecule has 2 rings (SSSR count). The second kappa shape index (κ2) is 6.99. The van der Waals surface area contributed by atoms with Gasteiger partial charge in [0.1, 0.15) is 24.7 Å². The first-order valence-corrected chi connectivity index (χ1v) is 6.86.